The van der Waals surface area contributed by atoms with Gasteiger partial charge in [-0.05, 0) is 39.3 Å². The lowest BCUT2D eigenvalue weighted by Crippen LogP contribution is -2.22. The standard InChI is InChI=1S/C19H23N5O2/c1-19(2,3)24-12-13(11-20-24)21-17(25)10-6-9-16-22-15-8-5-4-7-14(15)18(26)23-16/h4-5,7-8,11-12H,6,9-10H2,1-3H3,(H,21,25)(H,22,23,26). The number of aromatic nitrogens is 4. The lowest BCUT2D eigenvalue weighted by Gasteiger charge is -2.18. The highest BCUT2D eigenvalue weighted by molar-refractivity contribution is 5.90. The molecule has 0 aliphatic carbocycles. The number of aromatic amines is 1. The van der Waals surface area contributed by atoms with Gasteiger partial charge in [-0.3, -0.25) is 14.3 Å². The third kappa shape index (κ3) is 4.17. The predicted octanol–water partition coefficient (Wildman–Crippen LogP) is 2.84. The molecule has 136 valence electrons. The first-order valence-electron chi connectivity index (χ1n) is 8.66. The van der Waals surface area contributed by atoms with Crippen LogP contribution in [0.3, 0.4) is 0 Å². The Balaban J connectivity index is 1.55. The molecular formula is C19H23N5O2. The van der Waals surface area contributed by atoms with Crippen molar-refractivity contribution in [3.63, 3.8) is 0 Å². The Bertz CT molecular complexity index is 981. The fourth-order valence-corrected chi connectivity index (χ4v) is 2.65. The smallest absolute Gasteiger partial charge is 0.258 e. The molecule has 3 rings (SSSR count). The molecule has 7 heteroatoms. The Morgan fingerprint density at radius 2 is 2.04 bits per heavy atom. The van der Waals surface area contributed by atoms with Crippen molar-refractivity contribution in [2.24, 2.45) is 0 Å². The van der Waals surface area contributed by atoms with Crippen molar-refractivity contribution >= 4 is 22.5 Å². The minimum Gasteiger partial charge on any atom is -0.323 e. The number of anilines is 1. The fourth-order valence-electron chi connectivity index (χ4n) is 2.65. The van der Waals surface area contributed by atoms with Crippen LogP contribution in [0, 0.1) is 0 Å². The van der Waals surface area contributed by atoms with Gasteiger partial charge in [-0.2, -0.15) is 5.10 Å². The van der Waals surface area contributed by atoms with Gasteiger partial charge < -0.3 is 10.3 Å². The van der Waals surface area contributed by atoms with Gasteiger partial charge in [-0.1, -0.05) is 12.1 Å². The van der Waals surface area contributed by atoms with E-state index in [2.05, 4.69) is 20.4 Å². The molecular weight excluding hydrogens is 330 g/mol. The molecule has 0 fully saturated rings. The summed E-state index contributed by atoms with van der Waals surface area (Å²) in [5.74, 6) is 0.517. The van der Waals surface area contributed by atoms with Crippen molar-refractivity contribution in [3.8, 4) is 0 Å². The highest BCUT2D eigenvalue weighted by atomic mass is 16.1. The van der Waals surface area contributed by atoms with E-state index >= 15 is 0 Å². The highest BCUT2D eigenvalue weighted by Crippen LogP contribution is 2.16. The molecule has 3 aromatic rings. The van der Waals surface area contributed by atoms with Crippen molar-refractivity contribution in [2.45, 2.75) is 45.6 Å². The van der Waals surface area contributed by atoms with Crippen molar-refractivity contribution in [2.75, 3.05) is 5.32 Å². The molecule has 0 radical (unpaired) electrons. The Kier molecular flexibility index (Phi) is 4.88. The lowest BCUT2D eigenvalue weighted by atomic mass is 10.1. The lowest BCUT2D eigenvalue weighted by molar-refractivity contribution is -0.116. The molecule has 7 nitrogen and oxygen atoms in total. The van der Waals surface area contributed by atoms with Crippen LogP contribution >= 0.6 is 0 Å². The first kappa shape index (κ1) is 17.8. The van der Waals surface area contributed by atoms with Crippen LogP contribution < -0.4 is 10.9 Å². The number of nitrogens with one attached hydrogen (secondary N) is 2. The Labute approximate surface area is 151 Å². The van der Waals surface area contributed by atoms with Gasteiger partial charge >= 0.3 is 0 Å². The first-order chi connectivity index (χ1) is 12.3. The van der Waals surface area contributed by atoms with Gasteiger partial charge in [0.05, 0.1) is 28.3 Å². The van der Waals surface area contributed by atoms with Crippen LogP contribution in [0.25, 0.3) is 10.9 Å². The minimum atomic E-state index is -0.148. The second-order valence-electron chi connectivity index (χ2n) is 7.28. The van der Waals surface area contributed by atoms with Crippen molar-refractivity contribution in [3.05, 3.63) is 52.8 Å². The van der Waals surface area contributed by atoms with Crippen LogP contribution in [-0.4, -0.2) is 25.7 Å². The predicted molar refractivity (Wildman–Crippen MR) is 101 cm³/mol. The summed E-state index contributed by atoms with van der Waals surface area (Å²) in [6, 6.07) is 7.22. The van der Waals surface area contributed by atoms with Gasteiger partial charge in [0.2, 0.25) is 5.91 Å². The zero-order chi connectivity index (χ0) is 18.7. The number of aryl methyl sites for hydroxylation is 1. The third-order valence-electron chi connectivity index (χ3n) is 4.03. The van der Waals surface area contributed by atoms with Crippen LogP contribution in [0.1, 0.15) is 39.4 Å². The summed E-state index contributed by atoms with van der Waals surface area (Å²) in [6.07, 6.45) is 4.94. The molecule has 26 heavy (non-hydrogen) atoms. The number of H-pyrrole nitrogens is 1. The Morgan fingerprint density at radius 3 is 2.77 bits per heavy atom. The highest BCUT2D eigenvalue weighted by Gasteiger charge is 2.14. The van der Waals surface area contributed by atoms with E-state index in [1.807, 2.05) is 49.8 Å². The van der Waals surface area contributed by atoms with E-state index in [1.165, 1.54) is 0 Å². The van der Waals surface area contributed by atoms with Gasteiger partial charge in [-0.25, -0.2) is 4.98 Å². The number of amides is 1. The van der Waals surface area contributed by atoms with Gasteiger partial charge in [0.1, 0.15) is 5.82 Å². The molecule has 2 N–H and O–H groups in total. The van der Waals surface area contributed by atoms with Crippen molar-refractivity contribution in [1.29, 1.82) is 0 Å². The van der Waals surface area contributed by atoms with Gasteiger partial charge in [0.15, 0.2) is 0 Å². The summed E-state index contributed by atoms with van der Waals surface area (Å²) in [5.41, 5.74) is 1.08. The van der Waals surface area contributed by atoms with Gasteiger partial charge in [-0.15, -0.1) is 0 Å². The number of fused-ring (bicyclic) bond motifs is 1. The summed E-state index contributed by atoms with van der Waals surface area (Å²) in [6.45, 7) is 6.13. The number of hydrogen-bond donors (Lipinski definition) is 2. The van der Waals surface area contributed by atoms with Crippen LogP contribution in [0.15, 0.2) is 41.5 Å². The second-order valence-corrected chi connectivity index (χ2v) is 7.28. The summed E-state index contributed by atoms with van der Waals surface area (Å²) in [5, 5.41) is 7.68. The molecule has 2 aromatic heterocycles. The molecule has 0 bridgehead atoms. The van der Waals surface area contributed by atoms with Crippen LogP contribution in [0.4, 0.5) is 5.69 Å². The average molecular weight is 353 g/mol. The van der Waals surface area contributed by atoms with Gasteiger partial charge in [0.25, 0.3) is 5.56 Å². The van der Waals surface area contributed by atoms with Crippen molar-refractivity contribution in [1.82, 2.24) is 19.7 Å². The fraction of sp³-hybridized carbons (Fsp3) is 0.368. The molecule has 0 aliphatic rings. The van der Waals surface area contributed by atoms with Crippen molar-refractivity contribution < 1.29 is 4.79 Å². The number of hydrogen-bond acceptors (Lipinski definition) is 4. The molecule has 0 saturated carbocycles. The molecule has 0 saturated heterocycles. The molecule has 1 aromatic carbocycles. The molecule has 0 atom stereocenters. The topological polar surface area (TPSA) is 92.7 Å². The van der Waals surface area contributed by atoms with Crippen LogP contribution in [0.5, 0.6) is 0 Å². The Hall–Kier alpha value is -2.96. The first-order valence-corrected chi connectivity index (χ1v) is 8.66. The summed E-state index contributed by atoms with van der Waals surface area (Å²) in [4.78, 5) is 31.4. The summed E-state index contributed by atoms with van der Waals surface area (Å²) >= 11 is 0. The maximum atomic E-state index is 12.1. The maximum absolute atomic E-state index is 12.1. The van der Waals surface area contributed by atoms with E-state index in [4.69, 9.17) is 0 Å². The van der Waals surface area contributed by atoms with E-state index in [9.17, 15) is 9.59 Å². The van der Waals surface area contributed by atoms with Gasteiger partial charge in [0, 0.05) is 19.0 Å². The average Bonchev–Trinajstić information content (AvgIpc) is 3.04. The maximum Gasteiger partial charge on any atom is 0.258 e. The summed E-state index contributed by atoms with van der Waals surface area (Å²) in [7, 11) is 0. The monoisotopic (exact) mass is 353 g/mol. The largest absolute Gasteiger partial charge is 0.323 e. The number of carbonyl (C=O) groups excluding carboxylic acids is 1. The Morgan fingerprint density at radius 1 is 1.27 bits per heavy atom. The van der Waals surface area contributed by atoms with E-state index in [-0.39, 0.29) is 17.0 Å². The SMILES string of the molecule is CC(C)(C)n1cc(NC(=O)CCCc2nc3ccccc3c(=O)[nH]2)cn1. The quantitative estimate of drug-likeness (QED) is 0.738. The summed E-state index contributed by atoms with van der Waals surface area (Å²) < 4.78 is 1.81. The number of rotatable bonds is 5. The zero-order valence-corrected chi connectivity index (χ0v) is 15.2. The second kappa shape index (κ2) is 7.11. The van der Waals surface area contributed by atoms with E-state index in [0.717, 1.165) is 0 Å². The van der Waals surface area contributed by atoms with Crippen LogP contribution in [-0.2, 0) is 16.8 Å². The molecule has 0 unspecified atom stereocenters. The number of benzene rings is 1. The van der Waals surface area contributed by atoms with Crippen LogP contribution in [0.2, 0.25) is 0 Å². The van der Waals surface area contributed by atoms with E-state index in [0.29, 0.717) is 41.7 Å². The number of nitrogens with zero attached hydrogens (tertiary/aromatic N) is 3. The van der Waals surface area contributed by atoms with E-state index in [1.54, 1.807) is 12.3 Å². The minimum absolute atomic E-state index is 0.0819. The number of para-hydroxylation sites is 1. The normalized spacial score (nSPS) is 11.7. The molecule has 1 amide bonds. The zero-order valence-electron chi connectivity index (χ0n) is 15.2. The number of carbonyl (C=O) groups is 1. The third-order valence-corrected chi connectivity index (χ3v) is 4.03. The molecule has 0 aliphatic heterocycles. The molecule has 0 spiro atoms. The molecule has 2 heterocycles. The van der Waals surface area contributed by atoms with E-state index < -0.39 is 0 Å².